The van der Waals surface area contributed by atoms with Crippen LogP contribution in [0.25, 0.3) is 0 Å². The number of hydrogen-bond donors (Lipinski definition) is 1. The van der Waals surface area contributed by atoms with E-state index in [0.717, 1.165) is 29.4 Å². The summed E-state index contributed by atoms with van der Waals surface area (Å²) in [6.45, 7) is 4.17. The van der Waals surface area contributed by atoms with Crippen molar-refractivity contribution in [2.45, 2.75) is 27.7 Å². The molecule has 1 atom stereocenters. The number of sulfonamides is 1. The zero-order chi connectivity index (χ0) is 22.0. The molecule has 8 heteroatoms. The lowest BCUT2D eigenvalue weighted by Gasteiger charge is -2.24. The highest BCUT2D eigenvalue weighted by atomic mass is 32.3. The molecule has 0 aliphatic carbocycles. The first kappa shape index (κ1) is 22.2. The second kappa shape index (κ2) is 9.24. The fourth-order valence-corrected chi connectivity index (χ4v) is 7.34. The second-order valence-corrected chi connectivity index (χ2v) is 12.4. The lowest BCUT2D eigenvalue weighted by molar-refractivity contribution is 0.523. The van der Waals surface area contributed by atoms with Crippen molar-refractivity contribution in [2.24, 2.45) is 0 Å². The molecule has 1 aromatic heterocycles. The average molecular weight is 474 g/mol. The molecule has 0 spiro atoms. The van der Waals surface area contributed by atoms with E-state index in [2.05, 4.69) is 65.1 Å². The monoisotopic (exact) mass is 473 g/mol. The smallest absolute Gasteiger partial charge is 0.252 e. The van der Waals surface area contributed by atoms with Gasteiger partial charge in [0.2, 0.25) is 0 Å². The van der Waals surface area contributed by atoms with Crippen molar-refractivity contribution in [3.8, 4) is 0 Å². The number of nitrogens with one attached hydrogen (secondary N) is 1. The topological polar surface area (TPSA) is 52.7 Å². The molecular weight excluding hydrogens is 446 g/mol. The zero-order valence-electron chi connectivity index (χ0n) is 17.9. The van der Waals surface area contributed by atoms with E-state index in [4.69, 9.17) is 0 Å². The van der Waals surface area contributed by atoms with Gasteiger partial charge in [-0.15, -0.1) is 11.3 Å². The number of hydrogen-bond acceptors (Lipinski definition) is 6. The Morgan fingerprint density at radius 1 is 1.06 bits per heavy atom. The Labute approximate surface area is 193 Å². The first-order valence-corrected chi connectivity index (χ1v) is 13.3. The highest BCUT2D eigenvalue weighted by Gasteiger charge is 2.26. The van der Waals surface area contributed by atoms with Gasteiger partial charge in [0.1, 0.15) is 4.21 Å². The van der Waals surface area contributed by atoms with Gasteiger partial charge in [0.05, 0.1) is 15.6 Å². The number of anilines is 2. The Kier molecular flexibility index (Phi) is 6.62. The number of thiophene rings is 1. The predicted octanol–water partition coefficient (Wildman–Crippen LogP) is 5.42. The van der Waals surface area contributed by atoms with Crippen LogP contribution in [0.3, 0.4) is 0 Å². The van der Waals surface area contributed by atoms with Crippen molar-refractivity contribution in [1.29, 1.82) is 0 Å². The van der Waals surface area contributed by atoms with E-state index < -0.39 is 10.0 Å². The number of benzene rings is 2. The summed E-state index contributed by atoms with van der Waals surface area (Å²) in [5.74, 6) is 0.539. The van der Waals surface area contributed by atoms with Crippen molar-refractivity contribution in [2.75, 3.05) is 36.8 Å². The van der Waals surface area contributed by atoms with Gasteiger partial charge in [-0.25, -0.2) is 12.7 Å². The number of aryl methyl sites for hydroxylation is 1. The molecule has 2 aromatic carbocycles. The molecule has 1 N–H and O–H groups in total. The van der Waals surface area contributed by atoms with Gasteiger partial charge in [-0.1, -0.05) is 42.5 Å². The quantitative estimate of drug-likeness (QED) is 0.464. The maximum Gasteiger partial charge on any atom is 0.252 e. The third-order valence-electron chi connectivity index (χ3n) is 5.57. The minimum Gasteiger partial charge on any atom is -0.369 e. The summed E-state index contributed by atoms with van der Waals surface area (Å²) in [5.41, 5.74) is 4.92. The molecule has 4 rings (SSSR count). The van der Waals surface area contributed by atoms with Gasteiger partial charge in [0.15, 0.2) is 0 Å². The largest absolute Gasteiger partial charge is 0.369 e. The van der Waals surface area contributed by atoms with E-state index in [1.807, 2.05) is 6.07 Å². The lowest BCUT2D eigenvalue weighted by atomic mass is 9.99. The predicted molar refractivity (Wildman–Crippen MR) is 132 cm³/mol. The van der Waals surface area contributed by atoms with E-state index >= 15 is 0 Å². The molecule has 2 heterocycles. The molecule has 1 unspecified atom stereocenters. The fraction of sp³-hybridized carbons (Fsp3) is 0.304. The van der Waals surface area contributed by atoms with Crippen LogP contribution >= 0.6 is 23.3 Å². The van der Waals surface area contributed by atoms with Crippen LogP contribution in [0.2, 0.25) is 0 Å². The van der Waals surface area contributed by atoms with Gasteiger partial charge >= 0.3 is 0 Å². The summed E-state index contributed by atoms with van der Waals surface area (Å²) >= 11 is 2.74. The Morgan fingerprint density at radius 3 is 2.58 bits per heavy atom. The standard InChI is InChI=1S/C23H27N3O2S3/c1-17-8-7-11-20(24-30-21-12-13-22(29-21)31(27,28)25(2)3)23(17)26-15-14-19(16-26)18-9-5-4-6-10-18/h4-13,19,24H,14-16H2,1-3H3. The molecule has 0 saturated carbocycles. The van der Waals surface area contributed by atoms with Crippen molar-refractivity contribution in [1.82, 2.24) is 4.31 Å². The molecular formula is C23H27N3O2S3. The Hall–Kier alpha value is -2.00. The maximum absolute atomic E-state index is 12.3. The van der Waals surface area contributed by atoms with E-state index in [1.54, 1.807) is 20.2 Å². The summed E-state index contributed by atoms with van der Waals surface area (Å²) in [7, 11) is -0.290. The molecule has 0 bridgehead atoms. The van der Waals surface area contributed by atoms with Gasteiger partial charge in [-0.05, 0) is 54.6 Å². The summed E-state index contributed by atoms with van der Waals surface area (Å²) in [5, 5.41) is 0. The van der Waals surface area contributed by atoms with Crippen LogP contribution < -0.4 is 9.62 Å². The average Bonchev–Trinajstić information content (AvgIpc) is 3.43. The highest BCUT2D eigenvalue weighted by molar-refractivity contribution is 8.02. The number of para-hydroxylation sites is 1. The molecule has 3 aromatic rings. The van der Waals surface area contributed by atoms with Crippen LogP contribution in [-0.4, -0.2) is 39.9 Å². The first-order valence-electron chi connectivity index (χ1n) is 10.2. The van der Waals surface area contributed by atoms with Crippen LogP contribution in [0.4, 0.5) is 11.4 Å². The van der Waals surface area contributed by atoms with Gasteiger partial charge < -0.3 is 9.62 Å². The van der Waals surface area contributed by atoms with Gasteiger partial charge in [-0.3, -0.25) is 0 Å². The minimum atomic E-state index is -3.40. The molecule has 31 heavy (non-hydrogen) atoms. The third-order valence-corrected chi connectivity index (χ3v) is 9.89. The maximum atomic E-state index is 12.3. The van der Waals surface area contributed by atoms with E-state index in [0.29, 0.717) is 10.1 Å². The summed E-state index contributed by atoms with van der Waals surface area (Å²) < 4.78 is 30.7. The van der Waals surface area contributed by atoms with Gasteiger partial charge in [0.25, 0.3) is 10.0 Å². The van der Waals surface area contributed by atoms with Crippen LogP contribution in [0.5, 0.6) is 0 Å². The zero-order valence-corrected chi connectivity index (χ0v) is 20.4. The summed E-state index contributed by atoms with van der Waals surface area (Å²) in [6.07, 6.45) is 1.14. The van der Waals surface area contributed by atoms with Crippen LogP contribution in [-0.2, 0) is 10.0 Å². The van der Waals surface area contributed by atoms with Crippen LogP contribution in [0.1, 0.15) is 23.5 Å². The molecule has 1 saturated heterocycles. The van der Waals surface area contributed by atoms with Crippen molar-refractivity contribution in [3.63, 3.8) is 0 Å². The molecule has 5 nitrogen and oxygen atoms in total. The molecule has 0 radical (unpaired) electrons. The van der Waals surface area contributed by atoms with Crippen molar-refractivity contribution in [3.05, 3.63) is 71.8 Å². The lowest BCUT2D eigenvalue weighted by Crippen LogP contribution is -2.21. The van der Waals surface area contributed by atoms with Crippen molar-refractivity contribution < 1.29 is 8.42 Å². The van der Waals surface area contributed by atoms with E-state index in [-0.39, 0.29) is 0 Å². The van der Waals surface area contributed by atoms with Crippen LogP contribution in [0.15, 0.2) is 69.1 Å². The fourth-order valence-electron chi connectivity index (χ4n) is 3.90. The second-order valence-electron chi connectivity index (χ2n) is 7.88. The molecule has 1 aliphatic rings. The minimum absolute atomic E-state index is 0.358. The first-order chi connectivity index (χ1) is 14.9. The molecule has 164 valence electrons. The molecule has 1 fully saturated rings. The molecule has 0 amide bonds. The van der Waals surface area contributed by atoms with Gasteiger partial charge in [-0.2, -0.15) is 0 Å². The van der Waals surface area contributed by atoms with E-state index in [9.17, 15) is 8.42 Å². The molecule has 1 aliphatic heterocycles. The highest BCUT2D eigenvalue weighted by Crippen LogP contribution is 2.39. The van der Waals surface area contributed by atoms with Gasteiger partial charge in [0, 0.05) is 33.1 Å². The SMILES string of the molecule is Cc1cccc(NSc2ccc(S(=O)(=O)N(C)C)s2)c1N1CCC(c2ccccc2)C1. The number of nitrogens with zero attached hydrogens (tertiary/aromatic N) is 2. The Balaban J connectivity index is 1.50. The van der Waals surface area contributed by atoms with Crippen molar-refractivity contribution >= 4 is 44.7 Å². The normalized spacial score (nSPS) is 16.8. The Morgan fingerprint density at radius 2 is 1.84 bits per heavy atom. The van der Waals surface area contributed by atoms with E-state index in [1.165, 1.54) is 44.4 Å². The number of rotatable bonds is 7. The third kappa shape index (κ3) is 4.77. The summed E-state index contributed by atoms with van der Waals surface area (Å²) in [6, 6.07) is 20.6. The summed E-state index contributed by atoms with van der Waals surface area (Å²) in [4.78, 5) is 2.46. The van der Waals surface area contributed by atoms with Crippen LogP contribution in [0, 0.1) is 6.92 Å². The Bertz CT molecular complexity index is 1140.